The summed E-state index contributed by atoms with van der Waals surface area (Å²) in [7, 11) is 0. The van der Waals surface area contributed by atoms with Crippen LogP contribution in [0.3, 0.4) is 0 Å². The van der Waals surface area contributed by atoms with E-state index in [1.165, 1.54) is 32.1 Å². The van der Waals surface area contributed by atoms with Gasteiger partial charge in [-0.3, -0.25) is 0 Å². The smallest absolute Gasteiger partial charge is 0.133 e. The van der Waals surface area contributed by atoms with E-state index in [0.29, 0.717) is 18.5 Å². The van der Waals surface area contributed by atoms with Gasteiger partial charge < -0.3 is 10.0 Å². The molecule has 0 saturated heterocycles. The van der Waals surface area contributed by atoms with Crippen molar-refractivity contribution in [2.75, 3.05) is 18.1 Å². The molecule has 1 aromatic rings. The Kier molecular flexibility index (Phi) is 5.26. The van der Waals surface area contributed by atoms with Crippen LogP contribution in [-0.2, 0) is 5.88 Å². The number of nitrogens with zero attached hydrogens (tertiary/aromatic N) is 2. The summed E-state index contributed by atoms with van der Waals surface area (Å²) in [5.41, 5.74) is 1.05. The molecule has 18 heavy (non-hydrogen) atoms. The number of aliphatic hydroxyl groups excluding tert-OH is 1. The van der Waals surface area contributed by atoms with E-state index in [4.69, 9.17) is 11.6 Å². The Balaban J connectivity index is 2.22. The summed E-state index contributed by atoms with van der Waals surface area (Å²) in [4.78, 5) is 6.72. The normalized spacial score (nSPS) is 16.8. The van der Waals surface area contributed by atoms with Crippen LogP contribution in [0.15, 0.2) is 18.3 Å². The number of hydrogen-bond acceptors (Lipinski definition) is 3. The highest BCUT2D eigenvalue weighted by atomic mass is 35.5. The molecule has 3 nitrogen and oxygen atoms in total. The van der Waals surface area contributed by atoms with Gasteiger partial charge in [0, 0.05) is 24.3 Å². The predicted molar refractivity (Wildman–Crippen MR) is 75.1 cm³/mol. The summed E-state index contributed by atoms with van der Waals surface area (Å²) in [5, 5.41) is 9.29. The van der Waals surface area contributed by atoms with Crippen molar-refractivity contribution in [2.24, 2.45) is 0 Å². The lowest BCUT2D eigenvalue weighted by Gasteiger charge is -2.35. The lowest BCUT2D eigenvalue weighted by Crippen LogP contribution is -2.40. The highest BCUT2D eigenvalue weighted by Crippen LogP contribution is 2.28. The van der Waals surface area contributed by atoms with Crippen molar-refractivity contribution in [2.45, 2.75) is 44.0 Å². The van der Waals surface area contributed by atoms with Crippen LogP contribution in [0.2, 0.25) is 0 Å². The van der Waals surface area contributed by atoms with Crippen molar-refractivity contribution in [3.05, 3.63) is 23.9 Å². The van der Waals surface area contributed by atoms with Crippen molar-refractivity contribution >= 4 is 17.4 Å². The molecule has 1 aliphatic rings. The number of halogens is 1. The minimum absolute atomic E-state index is 0.162. The molecule has 1 fully saturated rings. The largest absolute Gasteiger partial charge is 0.395 e. The van der Waals surface area contributed by atoms with Gasteiger partial charge in [-0.1, -0.05) is 25.3 Å². The first-order valence-corrected chi connectivity index (χ1v) is 7.27. The van der Waals surface area contributed by atoms with Gasteiger partial charge in [-0.2, -0.15) is 0 Å². The SMILES string of the molecule is OCCN(c1ncccc1CCl)C1CCCCC1. The van der Waals surface area contributed by atoms with E-state index < -0.39 is 0 Å². The number of rotatable bonds is 5. The Bertz CT molecular complexity index is 367. The number of aromatic nitrogens is 1. The molecule has 1 heterocycles. The van der Waals surface area contributed by atoms with E-state index in [1.54, 1.807) is 6.20 Å². The fourth-order valence-electron chi connectivity index (χ4n) is 2.76. The number of alkyl halides is 1. The molecule has 100 valence electrons. The van der Waals surface area contributed by atoms with Crippen LogP contribution in [0.4, 0.5) is 5.82 Å². The summed E-state index contributed by atoms with van der Waals surface area (Å²) < 4.78 is 0. The van der Waals surface area contributed by atoms with Crippen LogP contribution in [0.1, 0.15) is 37.7 Å². The van der Waals surface area contributed by atoms with E-state index in [9.17, 15) is 5.11 Å². The molecule has 0 spiro atoms. The first kappa shape index (κ1) is 13.6. The number of hydrogen-bond donors (Lipinski definition) is 1. The van der Waals surface area contributed by atoms with E-state index in [0.717, 1.165) is 11.4 Å². The standard InChI is InChI=1S/C14H21ClN2O/c15-11-12-5-4-8-16-14(12)17(9-10-18)13-6-2-1-3-7-13/h4-5,8,13,18H,1-3,6-7,9-11H2. The van der Waals surface area contributed by atoms with E-state index in [2.05, 4.69) is 9.88 Å². The number of anilines is 1. The molecule has 0 amide bonds. The first-order chi connectivity index (χ1) is 8.86. The summed E-state index contributed by atoms with van der Waals surface area (Å²) in [5.74, 6) is 1.42. The summed E-state index contributed by atoms with van der Waals surface area (Å²) >= 11 is 5.99. The molecule has 2 rings (SSSR count). The van der Waals surface area contributed by atoms with Gasteiger partial charge in [0.1, 0.15) is 5.82 Å². The lowest BCUT2D eigenvalue weighted by atomic mass is 9.94. The van der Waals surface area contributed by atoms with Crippen LogP contribution >= 0.6 is 11.6 Å². The van der Waals surface area contributed by atoms with E-state index in [-0.39, 0.29) is 6.61 Å². The van der Waals surface area contributed by atoms with Gasteiger partial charge in [-0.05, 0) is 18.9 Å². The zero-order valence-electron chi connectivity index (χ0n) is 10.7. The van der Waals surface area contributed by atoms with Crippen molar-refractivity contribution in [3.63, 3.8) is 0 Å². The third-order valence-corrected chi connectivity index (χ3v) is 3.93. The minimum Gasteiger partial charge on any atom is -0.395 e. The summed E-state index contributed by atoms with van der Waals surface area (Å²) in [6.07, 6.45) is 8.06. The van der Waals surface area contributed by atoms with Crippen LogP contribution in [0.5, 0.6) is 0 Å². The Hall–Kier alpha value is -0.800. The van der Waals surface area contributed by atoms with Crippen molar-refractivity contribution in [1.29, 1.82) is 0 Å². The second kappa shape index (κ2) is 6.95. The maximum Gasteiger partial charge on any atom is 0.133 e. The quantitative estimate of drug-likeness (QED) is 0.834. The Morgan fingerprint density at radius 3 is 2.78 bits per heavy atom. The highest BCUT2D eigenvalue weighted by Gasteiger charge is 2.23. The Labute approximate surface area is 114 Å². The van der Waals surface area contributed by atoms with Crippen LogP contribution in [0.25, 0.3) is 0 Å². The molecule has 0 bridgehead atoms. The molecule has 4 heteroatoms. The van der Waals surface area contributed by atoms with E-state index in [1.807, 2.05) is 12.1 Å². The van der Waals surface area contributed by atoms with Crippen LogP contribution < -0.4 is 4.90 Å². The Morgan fingerprint density at radius 1 is 1.33 bits per heavy atom. The van der Waals surface area contributed by atoms with Gasteiger partial charge in [-0.25, -0.2) is 4.98 Å². The van der Waals surface area contributed by atoms with Gasteiger partial charge in [0.05, 0.1) is 12.5 Å². The molecule has 0 radical (unpaired) electrons. The molecular formula is C14H21ClN2O. The summed E-state index contributed by atoms with van der Waals surface area (Å²) in [6.45, 7) is 0.806. The zero-order chi connectivity index (χ0) is 12.8. The lowest BCUT2D eigenvalue weighted by molar-refractivity contribution is 0.289. The van der Waals surface area contributed by atoms with Crippen molar-refractivity contribution < 1.29 is 5.11 Å². The maximum atomic E-state index is 9.29. The zero-order valence-corrected chi connectivity index (χ0v) is 11.4. The van der Waals surface area contributed by atoms with Gasteiger partial charge in [0.25, 0.3) is 0 Å². The van der Waals surface area contributed by atoms with Crippen molar-refractivity contribution in [3.8, 4) is 0 Å². The molecule has 0 aliphatic heterocycles. The second-order valence-electron chi connectivity index (χ2n) is 4.83. The molecular weight excluding hydrogens is 248 g/mol. The molecule has 1 aliphatic carbocycles. The average molecular weight is 269 g/mol. The molecule has 1 saturated carbocycles. The molecule has 1 aromatic heterocycles. The van der Waals surface area contributed by atoms with Gasteiger partial charge in [0.2, 0.25) is 0 Å². The molecule has 0 unspecified atom stereocenters. The molecule has 0 atom stereocenters. The van der Waals surface area contributed by atoms with Crippen molar-refractivity contribution in [1.82, 2.24) is 4.98 Å². The second-order valence-corrected chi connectivity index (χ2v) is 5.10. The fraction of sp³-hybridized carbons (Fsp3) is 0.643. The topological polar surface area (TPSA) is 36.4 Å². The fourth-order valence-corrected chi connectivity index (χ4v) is 2.96. The maximum absolute atomic E-state index is 9.29. The van der Waals surface area contributed by atoms with Gasteiger partial charge >= 0.3 is 0 Å². The monoisotopic (exact) mass is 268 g/mol. The molecule has 0 aromatic carbocycles. The minimum atomic E-state index is 0.162. The molecule has 1 N–H and O–H groups in total. The van der Waals surface area contributed by atoms with Gasteiger partial charge in [-0.15, -0.1) is 11.6 Å². The van der Waals surface area contributed by atoms with Crippen LogP contribution in [0, 0.1) is 0 Å². The number of pyridine rings is 1. The third-order valence-electron chi connectivity index (χ3n) is 3.64. The average Bonchev–Trinajstić information content (AvgIpc) is 2.46. The Morgan fingerprint density at radius 2 is 2.11 bits per heavy atom. The van der Waals surface area contributed by atoms with Gasteiger partial charge in [0.15, 0.2) is 0 Å². The summed E-state index contributed by atoms with van der Waals surface area (Å²) in [6, 6.07) is 4.43. The highest BCUT2D eigenvalue weighted by molar-refractivity contribution is 6.17. The van der Waals surface area contributed by atoms with Crippen LogP contribution in [-0.4, -0.2) is 29.3 Å². The first-order valence-electron chi connectivity index (χ1n) is 6.74. The number of aliphatic hydroxyl groups is 1. The third kappa shape index (κ3) is 3.15. The van der Waals surface area contributed by atoms with E-state index >= 15 is 0 Å². The predicted octanol–water partition coefficient (Wildman–Crippen LogP) is 2.95.